The Morgan fingerprint density at radius 1 is 0.679 bits per heavy atom. The second-order valence-corrected chi connectivity index (χ2v) is 27.3. The van der Waals surface area contributed by atoms with Crippen LogP contribution < -0.4 is 4.40 Å². The van der Waals surface area contributed by atoms with Crippen molar-refractivity contribution >= 4 is 39.6 Å². The molecule has 0 aliphatic rings. The number of fused-ring (bicyclic) bond motifs is 3. The van der Waals surface area contributed by atoms with Gasteiger partial charge in [-0.25, -0.2) is 0 Å². The molecule has 285 valence electrons. The van der Waals surface area contributed by atoms with Crippen LogP contribution in [0.15, 0.2) is 138 Å². The molecule has 0 atom stereocenters. The van der Waals surface area contributed by atoms with Crippen molar-refractivity contribution in [1.29, 1.82) is 0 Å². The molecule has 0 unspecified atom stereocenters. The van der Waals surface area contributed by atoms with Gasteiger partial charge in [0.25, 0.3) is 0 Å². The molecule has 6 heteroatoms. The second-order valence-electron chi connectivity index (χ2n) is 16.6. The van der Waals surface area contributed by atoms with Crippen molar-refractivity contribution in [1.82, 2.24) is 9.97 Å². The zero-order valence-electron chi connectivity index (χ0n) is 33.1. The molecule has 0 bridgehead atoms. The van der Waals surface area contributed by atoms with Gasteiger partial charge >= 0.3 is 104 Å². The molecular weight excluding hydrogens is 928 g/mol. The summed E-state index contributed by atoms with van der Waals surface area (Å²) in [5.74, 6) is 6.72. The van der Waals surface area contributed by atoms with E-state index in [2.05, 4.69) is 153 Å². The van der Waals surface area contributed by atoms with Crippen LogP contribution in [0.4, 0.5) is 4.39 Å². The van der Waals surface area contributed by atoms with Gasteiger partial charge in [0.05, 0.1) is 5.58 Å². The zero-order valence-corrected chi connectivity index (χ0v) is 37.6. The zero-order chi connectivity index (χ0) is 38.7. The minimum absolute atomic E-state index is 0. The van der Waals surface area contributed by atoms with E-state index in [0.717, 1.165) is 57.3 Å². The normalized spacial score (nSPS) is 11.6. The SMILES string of the molecule is Cc1cnc(-c2[c-]cc3oc4cc(-c5cccc(Cc6ccccc6)c5)ccc4c3c2)cc1CC(C)(C)C.[CH3][Ge]([CH3])([CH3])[c]1ccc(-c2[c-]ccc(F)c2)nc1.[Ir]. The number of hydrogen-bond acceptors (Lipinski definition) is 3. The first-order valence-electron chi connectivity index (χ1n) is 18.9. The largest absolute Gasteiger partial charge is 0 e. The predicted octanol–water partition coefficient (Wildman–Crippen LogP) is 12.8. The number of furan rings is 1. The number of pyridine rings is 2. The standard InChI is InChI=1S/C36H32NO.C14H15FGeN.Ir/c1-24-23-37-33(20-30(24)22-36(2,3)4)29-14-16-34-32(19-29)31-15-13-28(21-35(31)38-34)27-12-8-11-26(18-27)17-25-9-6-5-7-10-25;1-16(2,3)13-7-8-14(17-10-13)11-5-4-6-12(15)9-11;/h5-13,15-16,18-21,23H,17,22H2,1-4H3;4,6-10H,1-3H3;/q2*-1;. The fourth-order valence-electron chi connectivity index (χ4n) is 6.80. The van der Waals surface area contributed by atoms with E-state index in [1.807, 2.05) is 24.5 Å². The van der Waals surface area contributed by atoms with Gasteiger partial charge in [-0.2, -0.15) is 0 Å². The maximum atomic E-state index is 13.1. The van der Waals surface area contributed by atoms with Crippen LogP contribution in [0.25, 0.3) is 55.6 Å². The molecule has 8 aromatic rings. The van der Waals surface area contributed by atoms with Crippen LogP contribution in [-0.4, -0.2) is 23.2 Å². The van der Waals surface area contributed by atoms with Gasteiger partial charge in [-0.15, -0.1) is 23.8 Å². The van der Waals surface area contributed by atoms with E-state index >= 15 is 0 Å². The second kappa shape index (κ2) is 17.2. The van der Waals surface area contributed by atoms with Gasteiger partial charge in [-0.1, -0.05) is 105 Å². The van der Waals surface area contributed by atoms with E-state index in [9.17, 15) is 4.39 Å². The van der Waals surface area contributed by atoms with E-state index in [-0.39, 0.29) is 31.3 Å². The summed E-state index contributed by atoms with van der Waals surface area (Å²) in [5.41, 5.74) is 12.9. The van der Waals surface area contributed by atoms with Crippen LogP contribution in [0.2, 0.25) is 17.3 Å². The Morgan fingerprint density at radius 2 is 1.41 bits per heavy atom. The topological polar surface area (TPSA) is 38.9 Å². The minimum atomic E-state index is -1.80. The van der Waals surface area contributed by atoms with Crippen molar-refractivity contribution in [3.8, 4) is 33.6 Å². The van der Waals surface area contributed by atoms with E-state index in [1.54, 1.807) is 6.07 Å². The first-order valence-corrected chi connectivity index (χ1v) is 26.2. The summed E-state index contributed by atoms with van der Waals surface area (Å²) in [6.45, 7) is 8.96. The molecular formula is C50H47FGeIrN2O-2. The molecule has 0 spiro atoms. The monoisotopic (exact) mass is 977 g/mol. The van der Waals surface area contributed by atoms with Crippen LogP contribution in [0.5, 0.6) is 0 Å². The van der Waals surface area contributed by atoms with Crippen molar-refractivity contribution in [2.75, 3.05) is 0 Å². The van der Waals surface area contributed by atoms with Crippen LogP contribution >= 0.6 is 0 Å². The van der Waals surface area contributed by atoms with Crippen molar-refractivity contribution < 1.29 is 28.9 Å². The molecule has 0 fully saturated rings. The molecule has 56 heavy (non-hydrogen) atoms. The molecule has 0 amide bonds. The first kappa shape index (κ1) is 41.0. The summed E-state index contributed by atoms with van der Waals surface area (Å²) in [6, 6.07) is 47.2. The van der Waals surface area contributed by atoms with Crippen LogP contribution in [0.1, 0.15) is 43.0 Å². The fraction of sp³-hybridized carbons (Fsp3) is 0.200. The predicted molar refractivity (Wildman–Crippen MR) is 230 cm³/mol. The molecule has 0 saturated carbocycles. The van der Waals surface area contributed by atoms with Crippen molar-refractivity contribution in [3.63, 3.8) is 0 Å². The summed E-state index contributed by atoms with van der Waals surface area (Å²) in [7, 11) is 0. The van der Waals surface area contributed by atoms with Crippen molar-refractivity contribution in [3.05, 3.63) is 174 Å². The van der Waals surface area contributed by atoms with E-state index in [0.29, 0.717) is 5.56 Å². The number of aryl methyl sites for hydroxylation is 1. The Kier molecular flexibility index (Phi) is 12.6. The average Bonchev–Trinajstić information content (AvgIpc) is 3.53. The summed E-state index contributed by atoms with van der Waals surface area (Å²) in [6.07, 6.45) is 5.85. The number of benzene rings is 5. The molecule has 5 aromatic carbocycles. The smallest absolute Gasteiger partial charge is 0 e. The number of nitrogens with zero attached hydrogens (tertiary/aromatic N) is 2. The van der Waals surface area contributed by atoms with Crippen LogP contribution in [-0.2, 0) is 32.9 Å². The number of aromatic nitrogens is 2. The fourth-order valence-corrected chi connectivity index (χ4v) is 8.97. The molecule has 0 aliphatic carbocycles. The van der Waals surface area contributed by atoms with E-state index < -0.39 is 13.3 Å². The Morgan fingerprint density at radius 3 is 2.12 bits per heavy atom. The van der Waals surface area contributed by atoms with Gasteiger partial charge in [0.2, 0.25) is 0 Å². The minimum Gasteiger partial charge on any atom is 0 e. The van der Waals surface area contributed by atoms with Gasteiger partial charge in [0.15, 0.2) is 0 Å². The van der Waals surface area contributed by atoms with Crippen LogP contribution in [0.3, 0.4) is 0 Å². The maximum Gasteiger partial charge on any atom is 0 e. The molecule has 3 aromatic heterocycles. The molecule has 0 aliphatic heterocycles. The average molecular weight is 976 g/mol. The Balaban J connectivity index is 0.000000248. The third kappa shape index (κ3) is 10.00. The third-order valence-electron chi connectivity index (χ3n) is 9.80. The first-order chi connectivity index (χ1) is 26.3. The van der Waals surface area contributed by atoms with E-state index in [4.69, 9.17) is 9.40 Å². The van der Waals surface area contributed by atoms with Gasteiger partial charge in [0.1, 0.15) is 5.58 Å². The molecule has 0 saturated heterocycles. The van der Waals surface area contributed by atoms with Gasteiger partial charge in [-0.3, -0.25) is 0 Å². The number of rotatable bonds is 7. The summed E-state index contributed by atoms with van der Waals surface area (Å²) in [5, 5.41) is 2.21. The Labute approximate surface area is 347 Å². The van der Waals surface area contributed by atoms with Gasteiger partial charge in [-0.05, 0) is 64.8 Å². The summed E-state index contributed by atoms with van der Waals surface area (Å²) in [4.78, 5) is 9.15. The number of halogens is 1. The van der Waals surface area contributed by atoms with E-state index in [1.165, 1.54) is 44.3 Å². The summed E-state index contributed by atoms with van der Waals surface area (Å²) < 4.78 is 20.7. The third-order valence-corrected chi connectivity index (χ3v) is 14.1. The van der Waals surface area contributed by atoms with Crippen molar-refractivity contribution in [2.24, 2.45) is 5.41 Å². The number of hydrogen-bond donors (Lipinski definition) is 0. The molecule has 1 radical (unpaired) electrons. The Hall–Kier alpha value is -4.68. The quantitative estimate of drug-likeness (QED) is 0.118. The summed E-state index contributed by atoms with van der Waals surface area (Å²) >= 11 is -1.80. The molecule has 0 N–H and O–H groups in total. The molecule has 3 heterocycles. The van der Waals surface area contributed by atoms with Crippen LogP contribution in [0, 0.1) is 30.3 Å². The Bertz CT molecular complexity index is 2590. The van der Waals surface area contributed by atoms with Crippen molar-refractivity contribution in [2.45, 2.75) is 57.8 Å². The van der Waals surface area contributed by atoms with Gasteiger partial charge < -0.3 is 9.40 Å². The van der Waals surface area contributed by atoms with Gasteiger partial charge in [0, 0.05) is 31.7 Å². The molecule has 3 nitrogen and oxygen atoms in total. The molecule has 8 rings (SSSR count). The maximum absolute atomic E-state index is 13.1.